The summed E-state index contributed by atoms with van der Waals surface area (Å²) in [5.41, 5.74) is 1.86. The van der Waals surface area contributed by atoms with Crippen molar-refractivity contribution in [1.29, 1.82) is 0 Å². The maximum Gasteiger partial charge on any atom is 0.226 e. The Bertz CT molecular complexity index is 593. The molecule has 19 heavy (non-hydrogen) atoms. The second-order valence-corrected chi connectivity index (χ2v) is 5.32. The van der Waals surface area contributed by atoms with Gasteiger partial charge < -0.3 is 9.52 Å². The van der Waals surface area contributed by atoms with Crippen LogP contribution in [-0.2, 0) is 6.54 Å². The average Bonchev–Trinajstić information content (AvgIpc) is 3.06. The van der Waals surface area contributed by atoms with Crippen molar-refractivity contribution in [1.82, 2.24) is 9.88 Å². The van der Waals surface area contributed by atoms with Crippen LogP contribution in [0.25, 0.3) is 11.5 Å². The molecule has 4 rings (SSSR count). The third-order valence-corrected chi connectivity index (χ3v) is 4.15. The Labute approximate surface area is 111 Å². The predicted octanol–water partition coefficient (Wildman–Crippen LogP) is 2.35. The van der Waals surface area contributed by atoms with Crippen LogP contribution in [0.5, 0.6) is 0 Å². The number of hydrogen-bond acceptors (Lipinski definition) is 4. The van der Waals surface area contributed by atoms with Crippen molar-refractivity contribution >= 4 is 0 Å². The highest BCUT2D eigenvalue weighted by atomic mass is 16.4. The van der Waals surface area contributed by atoms with Gasteiger partial charge in [0.05, 0.1) is 5.69 Å². The molecule has 98 valence electrons. The quantitative estimate of drug-likeness (QED) is 0.851. The molecule has 2 atom stereocenters. The van der Waals surface area contributed by atoms with Gasteiger partial charge in [-0.05, 0) is 31.5 Å². The van der Waals surface area contributed by atoms with Gasteiger partial charge in [0.1, 0.15) is 6.10 Å². The van der Waals surface area contributed by atoms with E-state index in [9.17, 15) is 5.11 Å². The maximum atomic E-state index is 10.4. The molecule has 1 saturated heterocycles. The lowest BCUT2D eigenvalue weighted by Crippen LogP contribution is -2.38. The summed E-state index contributed by atoms with van der Waals surface area (Å²) in [5, 5.41) is 10.4. The van der Waals surface area contributed by atoms with Gasteiger partial charge in [-0.3, -0.25) is 4.90 Å². The van der Waals surface area contributed by atoms with Crippen LogP contribution in [0.3, 0.4) is 0 Å². The summed E-state index contributed by atoms with van der Waals surface area (Å²) in [6, 6.07) is 10.1. The first kappa shape index (κ1) is 11.2. The molecule has 2 aliphatic rings. The predicted molar refractivity (Wildman–Crippen MR) is 70.3 cm³/mol. The monoisotopic (exact) mass is 256 g/mol. The molecule has 2 aromatic rings. The van der Waals surface area contributed by atoms with Gasteiger partial charge in [0.25, 0.3) is 0 Å². The first-order valence-electron chi connectivity index (χ1n) is 6.80. The smallest absolute Gasteiger partial charge is 0.226 e. The van der Waals surface area contributed by atoms with Crippen molar-refractivity contribution in [2.75, 3.05) is 6.54 Å². The highest BCUT2D eigenvalue weighted by molar-refractivity contribution is 5.53. The molecule has 0 saturated carbocycles. The third kappa shape index (κ3) is 1.71. The molecule has 4 heteroatoms. The number of fused-ring (bicyclic) bond motifs is 2. The van der Waals surface area contributed by atoms with Gasteiger partial charge in [-0.1, -0.05) is 18.2 Å². The lowest BCUT2D eigenvalue weighted by atomic mass is 10.0. The van der Waals surface area contributed by atoms with Crippen molar-refractivity contribution in [3.05, 3.63) is 41.8 Å². The van der Waals surface area contributed by atoms with E-state index in [1.165, 1.54) is 0 Å². The van der Waals surface area contributed by atoms with Crippen molar-refractivity contribution in [2.45, 2.75) is 31.5 Å². The van der Waals surface area contributed by atoms with Crippen molar-refractivity contribution in [3.8, 4) is 11.5 Å². The fourth-order valence-corrected chi connectivity index (χ4v) is 3.18. The second-order valence-electron chi connectivity index (χ2n) is 5.32. The number of nitrogens with zero attached hydrogens (tertiary/aromatic N) is 2. The van der Waals surface area contributed by atoms with Crippen molar-refractivity contribution < 1.29 is 9.52 Å². The zero-order valence-corrected chi connectivity index (χ0v) is 10.6. The molecule has 0 amide bonds. The second kappa shape index (κ2) is 4.18. The molecule has 1 aromatic heterocycles. The molecule has 0 spiro atoms. The van der Waals surface area contributed by atoms with Gasteiger partial charge in [0, 0.05) is 18.2 Å². The summed E-state index contributed by atoms with van der Waals surface area (Å²) in [6.07, 6.45) is 1.66. The number of aliphatic hydroxyl groups is 1. The van der Waals surface area contributed by atoms with E-state index in [1.54, 1.807) is 0 Å². The fraction of sp³-hybridized carbons (Fsp3) is 0.400. The number of benzene rings is 1. The molecule has 1 fully saturated rings. The number of oxazole rings is 1. The Morgan fingerprint density at radius 1 is 1.26 bits per heavy atom. The van der Waals surface area contributed by atoms with E-state index in [0.29, 0.717) is 11.7 Å². The molecule has 0 unspecified atom stereocenters. The van der Waals surface area contributed by atoms with E-state index in [0.717, 1.165) is 37.2 Å². The SMILES string of the molecule is O[C@@H]1c2oc(-c3ccccc3)nc2CN2CCC[C@@H]12. The topological polar surface area (TPSA) is 49.5 Å². The van der Waals surface area contributed by atoms with Crippen molar-refractivity contribution in [3.63, 3.8) is 0 Å². The van der Waals surface area contributed by atoms with E-state index in [2.05, 4.69) is 9.88 Å². The van der Waals surface area contributed by atoms with Gasteiger partial charge in [-0.25, -0.2) is 4.98 Å². The van der Waals surface area contributed by atoms with Crippen LogP contribution >= 0.6 is 0 Å². The minimum atomic E-state index is -0.531. The van der Waals surface area contributed by atoms with E-state index >= 15 is 0 Å². The average molecular weight is 256 g/mol. The molecular formula is C15H16N2O2. The minimum Gasteiger partial charge on any atom is -0.438 e. The van der Waals surface area contributed by atoms with Gasteiger partial charge in [-0.2, -0.15) is 0 Å². The normalized spacial score (nSPS) is 26.2. The summed E-state index contributed by atoms with van der Waals surface area (Å²) in [4.78, 5) is 6.87. The zero-order valence-electron chi connectivity index (χ0n) is 10.6. The van der Waals surface area contributed by atoms with Gasteiger partial charge in [0.2, 0.25) is 5.89 Å². The molecule has 0 aliphatic carbocycles. The molecule has 1 aromatic carbocycles. The Balaban J connectivity index is 1.75. The van der Waals surface area contributed by atoms with E-state index < -0.39 is 6.10 Å². The number of hydrogen-bond donors (Lipinski definition) is 1. The Hall–Kier alpha value is -1.65. The molecule has 2 aliphatic heterocycles. The number of rotatable bonds is 1. The summed E-state index contributed by atoms with van der Waals surface area (Å²) in [7, 11) is 0. The Morgan fingerprint density at radius 2 is 2.11 bits per heavy atom. The van der Waals surface area contributed by atoms with Crippen LogP contribution < -0.4 is 0 Å². The van der Waals surface area contributed by atoms with Crippen LogP contribution in [0, 0.1) is 0 Å². The summed E-state index contributed by atoms with van der Waals surface area (Å²) >= 11 is 0. The lowest BCUT2D eigenvalue weighted by molar-refractivity contribution is 0.0357. The molecule has 1 N–H and O–H groups in total. The molecule has 0 radical (unpaired) electrons. The van der Waals surface area contributed by atoms with Crippen LogP contribution in [0.4, 0.5) is 0 Å². The van der Waals surface area contributed by atoms with E-state index in [4.69, 9.17) is 4.42 Å². The summed E-state index contributed by atoms with van der Waals surface area (Å²) in [6.45, 7) is 1.85. The number of aromatic nitrogens is 1. The molecule has 0 bridgehead atoms. The van der Waals surface area contributed by atoms with Gasteiger partial charge in [0.15, 0.2) is 5.76 Å². The van der Waals surface area contributed by atoms with Crippen LogP contribution in [0.1, 0.15) is 30.4 Å². The van der Waals surface area contributed by atoms with Crippen molar-refractivity contribution in [2.24, 2.45) is 0 Å². The Kier molecular flexibility index (Phi) is 2.47. The number of aliphatic hydroxyl groups excluding tert-OH is 1. The fourth-order valence-electron chi connectivity index (χ4n) is 3.18. The van der Waals surface area contributed by atoms with Crippen LogP contribution in [0.15, 0.2) is 34.7 Å². The summed E-state index contributed by atoms with van der Waals surface area (Å²) < 4.78 is 5.82. The zero-order chi connectivity index (χ0) is 12.8. The third-order valence-electron chi connectivity index (χ3n) is 4.15. The van der Waals surface area contributed by atoms with Crippen LogP contribution in [-0.4, -0.2) is 27.6 Å². The van der Waals surface area contributed by atoms with E-state index in [-0.39, 0.29) is 6.04 Å². The van der Waals surface area contributed by atoms with Crippen LogP contribution in [0.2, 0.25) is 0 Å². The van der Waals surface area contributed by atoms with Gasteiger partial charge >= 0.3 is 0 Å². The van der Waals surface area contributed by atoms with Gasteiger partial charge in [-0.15, -0.1) is 0 Å². The minimum absolute atomic E-state index is 0.212. The maximum absolute atomic E-state index is 10.4. The lowest BCUT2D eigenvalue weighted by Gasteiger charge is -2.31. The highest BCUT2D eigenvalue weighted by Gasteiger charge is 2.40. The molecular weight excluding hydrogens is 240 g/mol. The first-order valence-corrected chi connectivity index (χ1v) is 6.80. The molecule has 4 nitrogen and oxygen atoms in total. The highest BCUT2D eigenvalue weighted by Crippen LogP contribution is 2.38. The molecule has 3 heterocycles. The standard InChI is InChI=1S/C15H16N2O2/c18-13-12-7-4-8-17(12)9-11-14(13)19-15(16-11)10-5-2-1-3-6-10/h1-3,5-6,12-13,18H,4,7-9H2/t12-,13-/m0/s1. The largest absolute Gasteiger partial charge is 0.438 e. The summed E-state index contributed by atoms with van der Waals surface area (Å²) in [5.74, 6) is 1.29. The first-order chi connectivity index (χ1) is 9.33. The van der Waals surface area contributed by atoms with E-state index in [1.807, 2.05) is 30.3 Å². The Morgan fingerprint density at radius 3 is 2.95 bits per heavy atom.